The first kappa shape index (κ1) is 28.4. The predicted octanol–water partition coefficient (Wildman–Crippen LogP) is -5.95. The molecule has 0 amide bonds. The van der Waals surface area contributed by atoms with Gasteiger partial charge in [-0.25, -0.2) is 0 Å². The van der Waals surface area contributed by atoms with E-state index in [1.165, 1.54) is 0 Å². The summed E-state index contributed by atoms with van der Waals surface area (Å²) in [5.74, 6) is 0. The van der Waals surface area contributed by atoms with Gasteiger partial charge in [0.05, 0.1) is 36.9 Å². The minimum atomic E-state index is -1.50. The lowest BCUT2D eigenvalue weighted by Crippen LogP contribution is -2.70. The molecule has 3 aliphatic heterocycles. The normalized spacial score (nSPS) is 54.2. The SMILES string of the molecule is CNC1C(O[C@H]2OC(CO)[C@@H](N)[C@H](O)C2O)O[C@H]2CC(N)[C@@H](OC3C(N)CC(N)C[C@H]3N)OC2C1O. The topological polar surface area (TPSA) is 269 Å². The Bertz CT molecular complexity index is 713. The highest BCUT2D eigenvalue weighted by molar-refractivity contribution is 5.01. The van der Waals surface area contributed by atoms with Gasteiger partial charge in [0, 0.05) is 18.1 Å². The van der Waals surface area contributed by atoms with Gasteiger partial charge in [0.1, 0.15) is 30.5 Å². The number of nitrogens with one attached hydrogen (secondary N) is 1. The van der Waals surface area contributed by atoms with Crippen molar-refractivity contribution in [1.82, 2.24) is 5.32 Å². The molecule has 16 atom stereocenters. The number of hydrogen-bond donors (Lipinski definition) is 10. The van der Waals surface area contributed by atoms with Gasteiger partial charge in [-0.3, -0.25) is 0 Å². The molecule has 15 heteroatoms. The average Bonchev–Trinajstić information content (AvgIpc) is 2.82. The zero-order chi connectivity index (χ0) is 26.3. The predicted molar refractivity (Wildman–Crippen MR) is 124 cm³/mol. The van der Waals surface area contributed by atoms with Crippen LogP contribution in [0.4, 0.5) is 0 Å². The van der Waals surface area contributed by atoms with Crippen LogP contribution < -0.4 is 34.0 Å². The molecule has 15 N–H and O–H groups in total. The minimum absolute atomic E-state index is 0.0989. The molecule has 1 aliphatic carbocycles. The molecule has 0 bridgehead atoms. The van der Waals surface area contributed by atoms with Crippen molar-refractivity contribution in [3.8, 4) is 0 Å². The molecule has 0 aromatic carbocycles. The van der Waals surface area contributed by atoms with Crippen LogP contribution in [-0.2, 0) is 23.7 Å². The summed E-state index contributed by atoms with van der Waals surface area (Å²) >= 11 is 0. The Morgan fingerprint density at radius 3 is 2.06 bits per heavy atom. The van der Waals surface area contributed by atoms with Gasteiger partial charge in [0.15, 0.2) is 18.9 Å². The summed E-state index contributed by atoms with van der Waals surface area (Å²) in [5, 5.41) is 44.2. The van der Waals surface area contributed by atoms with Crippen LogP contribution in [0.5, 0.6) is 0 Å². The average molecular weight is 523 g/mol. The fourth-order valence-electron chi connectivity index (χ4n) is 5.57. The highest BCUT2D eigenvalue weighted by atomic mass is 16.8. The van der Waals surface area contributed by atoms with Crippen LogP contribution >= 0.6 is 0 Å². The molecule has 0 radical (unpaired) electrons. The lowest BCUT2D eigenvalue weighted by atomic mass is 9.85. The van der Waals surface area contributed by atoms with Gasteiger partial charge < -0.3 is 78.1 Å². The maximum atomic E-state index is 11.1. The standard InChI is InChI=1S/C21H42N6O9/c1-27-13-15(30)18-10(32-20(13)36-21-16(31)14(29)12(26)11(5-28)33-21)4-9(25)19(35-18)34-17-7(23)2-6(22)3-8(17)24/h6-21,27-31H,2-5,22-26H2,1H3/t6?,7-,8?,9?,10+,11?,12-,13?,14+,15?,16?,17?,18?,19+,20?,21-/m1/s1. The largest absolute Gasteiger partial charge is 0.394 e. The Morgan fingerprint density at radius 2 is 1.44 bits per heavy atom. The number of ether oxygens (including phenoxy) is 5. The molecular formula is C21H42N6O9. The summed E-state index contributed by atoms with van der Waals surface area (Å²) in [6.45, 7) is -0.483. The zero-order valence-electron chi connectivity index (χ0n) is 20.3. The maximum Gasteiger partial charge on any atom is 0.189 e. The van der Waals surface area contributed by atoms with E-state index in [1.54, 1.807) is 7.05 Å². The first-order valence-electron chi connectivity index (χ1n) is 12.4. The Labute approximate surface area is 209 Å². The molecule has 3 heterocycles. The van der Waals surface area contributed by atoms with Crippen LogP contribution in [0.3, 0.4) is 0 Å². The highest BCUT2D eigenvalue weighted by Crippen LogP contribution is 2.35. The number of rotatable bonds is 6. The number of nitrogens with two attached hydrogens (primary N) is 5. The number of fused-ring (bicyclic) bond motifs is 1. The summed E-state index contributed by atoms with van der Waals surface area (Å²) in [4.78, 5) is 0. The van der Waals surface area contributed by atoms with Gasteiger partial charge >= 0.3 is 0 Å². The van der Waals surface area contributed by atoms with Gasteiger partial charge in [-0.15, -0.1) is 0 Å². The van der Waals surface area contributed by atoms with E-state index in [0.717, 1.165) is 0 Å². The second-order valence-corrected chi connectivity index (χ2v) is 10.3. The van der Waals surface area contributed by atoms with Gasteiger partial charge in [0.25, 0.3) is 0 Å². The van der Waals surface area contributed by atoms with Gasteiger partial charge in [-0.05, 0) is 26.3 Å². The lowest BCUT2D eigenvalue weighted by Gasteiger charge is -2.51. The van der Waals surface area contributed by atoms with E-state index in [0.29, 0.717) is 12.8 Å². The van der Waals surface area contributed by atoms with Crippen molar-refractivity contribution in [2.45, 2.75) is 117 Å². The Balaban J connectivity index is 1.43. The number of hydrogen-bond acceptors (Lipinski definition) is 15. The molecule has 36 heavy (non-hydrogen) atoms. The van der Waals surface area contributed by atoms with Crippen LogP contribution in [0.15, 0.2) is 0 Å². The van der Waals surface area contributed by atoms with Crippen molar-refractivity contribution in [2.75, 3.05) is 13.7 Å². The molecule has 15 nitrogen and oxygen atoms in total. The van der Waals surface area contributed by atoms with E-state index in [4.69, 9.17) is 52.4 Å². The summed E-state index contributed by atoms with van der Waals surface area (Å²) in [5.41, 5.74) is 30.6. The number of aliphatic hydroxyl groups is 4. The van der Waals surface area contributed by atoms with Crippen molar-refractivity contribution < 1.29 is 44.1 Å². The fourth-order valence-corrected chi connectivity index (χ4v) is 5.57. The van der Waals surface area contributed by atoms with E-state index >= 15 is 0 Å². The molecule has 4 rings (SSSR count). The van der Waals surface area contributed by atoms with Crippen molar-refractivity contribution in [3.63, 3.8) is 0 Å². The molecule has 4 fully saturated rings. The van der Waals surface area contributed by atoms with Crippen molar-refractivity contribution in [1.29, 1.82) is 0 Å². The molecule has 1 saturated carbocycles. The van der Waals surface area contributed by atoms with Crippen LogP contribution in [0.2, 0.25) is 0 Å². The minimum Gasteiger partial charge on any atom is -0.394 e. The van der Waals surface area contributed by atoms with E-state index in [9.17, 15) is 20.4 Å². The Kier molecular flexibility index (Phi) is 9.19. The Hall–Kier alpha value is -0.600. The van der Waals surface area contributed by atoms with E-state index in [-0.39, 0.29) is 24.5 Å². The third-order valence-corrected chi connectivity index (χ3v) is 7.65. The molecule has 4 aliphatic rings. The number of likely N-dealkylation sites (N-methyl/N-ethyl adjacent to an activating group) is 1. The molecule has 10 unspecified atom stereocenters. The van der Waals surface area contributed by atoms with Crippen LogP contribution in [0.25, 0.3) is 0 Å². The number of aliphatic hydroxyl groups excluding tert-OH is 4. The Morgan fingerprint density at radius 1 is 0.778 bits per heavy atom. The van der Waals surface area contributed by atoms with Gasteiger partial charge in [0.2, 0.25) is 0 Å². The molecule has 210 valence electrons. The fraction of sp³-hybridized carbons (Fsp3) is 1.00. The molecule has 0 spiro atoms. The van der Waals surface area contributed by atoms with E-state index in [2.05, 4.69) is 5.32 Å². The third kappa shape index (κ3) is 5.56. The third-order valence-electron chi connectivity index (χ3n) is 7.65. The summed E-state index contributed by atoms with van der Waals surface area (Å²) in [7, 11) is 1.60. The van der Waals surface area contributed by atoms with Crippen molar-refractivity contribution >= 4 is 0 Å². The maximum absolute atomic E-state index is 11.1. The first-order valence-corrected chi connectivity index (χ1v) is 12.4. The first-order chi connectivity index (χ1) is 17.0. The summed E-state index contributed by atoms with van der Waals surface area (Å²) in [6, 6.07) is -3.28. The van der Waals surface area contributed by atoms with Crippen molar-refractivity contribution in [3.05, 3.63) is 0 Å². The monoisotopic (exact) mass is 522 g/mol. The van der Waals surface area contributed by atoms with Crippen LogP contribution in [-0.4, -0.2) is 132 Å². The molecule has 3 saturated heterocycles. The smallest absolute Gasteiger partial charge is 0.189 e. The summed E-state index contributed by atoms with van der Waals surface area (Å²) < 4.78 is 29.6. The van der Waals surface area contributed by atoms with E-state index < -0.39 is 86.3 Å². The quantitative estimate of drug-likeness (QED) is 0.155. The zero-order valence-corrected chi connectivity index (χ0v) is 20.3. The summed E-state index contributed by atoms with van der Waals surface area (Å²) in [6.07, 6.45) is -8.93. The van der Waals surface area contributed by atoms with Gasteiger partial charge in [-0.1, -0.05) is 0 Å². The highest BCUT2D eigenvalue weighted by Gasteiger charge is 2.53. The lowest BCUT2D eigenvalue weighted by molar-refractivity contribution is -0.371. The second-order valence-electron chi connectivity index (χ2n) is 10.3. The van der Waals surface area contributed by atoms with Gasteiger partial charge in [-0.2, -0.15) is 0 Å². The molecular weight excluding hydrogens is 480 g/mol. The van der Waals surface area contributed by atoms with E-state index in [1.807, 2.05) is 0 Å². The second kappa shape index (κ2) is 11.6. The van der Waals surface area contributed by atoms with Crippen LogP contribution in [0, 0.1) is 0 Å². The van der Waals surface area contributed by atoms with Crippen molar-refractivity contribution in [2.24, 2.45) is 28.7 Å². The molecule has 0 aromatic rings. The van der Waals surface area contributed by atoms with Crippen LogP contribution in [0.1, 0.15) is 19.3 Å². The molecule has 0 aromatic heterocycles.